The van der Waals surface area contributed by atoms with Crippen molar-refractivity contribution in [1.82, 2.24) is 0 Å². The first kappa shape index (κ1) is 19.2. The third-order valence-corrected chi connectivity index (χ3v) is 5.16. The van der Waals surface area contributed by atoms with Gasteiger partial charge in [-0.25, -0.2) is 0 Å². The largest absolute Gasteiger partial charge is 0.493 e. The second-order valence-corrected chi connectivity index (χ2v) is 7.21. The number of allylic oxidation sites excluding steroid dienone is 1. The van der Waals surface area contributed by atoms with Crippen molar-refractivity contribution in [2.75, 3.05) is 13.7 Å². The zero-order valence-corrected chi connectivity index (χ0v) is 16.2. The van der Waals surface area contributed by atoms with Gasteiger partial charge in [-0.1, -0.05) is 55.7 Å². The number of carbonyl (C=O) groups excluding carboxylic acids is 1. The highest BCUT2D eigenvalue weighted by Crippen LogP contribution is 2.32. The van der Waals surface area contributed by atoms with Gasteiger partial charge >= 0.3 is 0 Å². The van der Waals surface area contributed by atoms with Crippen molar-refractivity contribution in [3.63, 3.8) is 0 Å². The number of hydrogen-bond donors (Lipinski definition) is 0. The average Bonchev–Trinajstić information content (AvgIpc) is 2.71. The molecule has 1 aliphatic carbocycles. The van der Waals surface area contributed by atoms with Crippen molar-refractivity contribution in [3.8, 4) is 11.5 Å². The molecule has 0 N–H and O–H groups in total. The molecule has 0 radical (unpaired) electrons. The predicted octanol–water partition coefficient (Wildman–Crippen LogP) is 5.78. The van der Waals surface area contributed by atoms with E-state index in [0.717, 1.165) is 29.2 Å². The topological polar surface area (TPSA) is 35.5 Å². The van der Waals surface area contributed by atoms with Crippen molar-refractivity contribution >= 4 is 17.4 Å². The van der Waals surface area contributed by atoms with E-state index in [2.05, 4.69) is 0 Å². The summed E-state index contributed by atoms with van der Waals surface area (Å²) in [5.74, 6) is 2.14. The Morgan fingerprint density at radius 1 is 1.04 bits per heavy atom. The molecule has 0 atom stereocenters. The molecule has 0 aromatic heterocycles. The maximum Gasteiger partial charge on any atom is 0.161 e. The SMILES string of the molecule is COc1ccc(C=C(C(C)=O)c2ccccc2)cc1OCC1CCCCC1. The van der Waals surface area contributed by atoms with Gasteiger partial charge in [0.1, 0.15) is 0 Å². The lowest BCUT2D eigenvalue weighted by Crippen LogP contribution is -2.15. The summed E-state index contributed by atoms with van der Waals surface area (Å²) in [7, 11) is 1.66. The Labute approximate surface area is 162 Å². The molecule has 0 unspecified atom stereocenters. The molecule has 3 rings (SSSR count). The molecular weight excluding hydrogens is 336 g/mol. The minimum absolute atomic E-state index is 0.0432. The number of rotatable bonds is 7. The molecule has 27 heavy (non-hydrogen) atoms. The number of Topliss-reactive ketones (excluding diaryl/α,β-unsaturated/α-hetero) is 1. The second kappa shape index (κ2) is 9.40. The number of ether oxygens (including phenoxy) is 2. The van der Waals surface area contributed by atoms with Crippen molar-refractivity contribution in [3.05, 3.63) is 59.7 Å². The van der Waals surface area contributed by atoms with Crippen LogP contribution in [0.1, 0.15) is 50.2 Å². The van der Waals surface area contributed by atoms with Gasteiger partial charge in [0.15, 0.2) is 17.3 Å². The minimum Gasteiger partial charge on any atom is -0.493 e. The maximum absolute atomic E-state index is 12.2. The zero-order valence-electron chi connectivity index (χ0n) is 16.2. The summed E-state index contributed by atoms with van der Waals surface area (Å²) in [6, 6.07) is 15.6. The number of carbonyl (C=O) groups is 1. The van der Waals surface area contributed by atoms with Gasteiger partial charge in [-0.3, -0.25) is 4.79 Å². The van der Waals surface area contributed by atoms with Crippen molar-refractivity contribution in [1.29, 1.82) is 0 Å². The summed E-state index contributed by atoms with van der Waals surface area (Å²) in [4.78, 5) is 12.2. The fourth-order valence-corrected chi connectivity index (χ4v) is 3.63. The molecule has 1 aliphatic rings. The summed E-state index contributed by atoms with van der Waals surface area (Å²) in [5, 5.41) is 0. The molecule has 0 heterocycles. The molecule has 0 saturated heterocycles. The molecule has 0 aliphatic heterocycles. The van der Waals surface area contributed by atoms with Crippen molar-refractivity contribution in [2.45, 2.75) is 39.0 Å². The number of methoxy groups -OCH3 is 1. The van der Waals surface area contributed by atoms with Crippen molar-refractivity contribution < 1.29 is 14.3 Å². The molecule has 2 aromatic carbocycles. The van der Waals surface area contributed by atoms with E-state index in [1.165, 1.54) is 32.1 Å². The predicted molar refractivity (Wildman–Crippen MR) is 110 cm³/mol. The van der Waals surface area contributed by atoms with Crippen LogP contribution in [-0.2, 0) is 4.79 Å². The van der Waals surface area contributed by atoms with E-state index < -0.39 is 0 Å². The highest BCUT2D eigenvalue weighted by atomic mass is 16.5. The first-order valence-corrected chi connectivity index (χ1v) is 9.76. The van der Waals surface area contributed by atoms with Crippen LogP contribution in [-0.4, -0.2) is 19.5 Å². The lowest BCUT2D eigenvalue weighted by molar-refractivity contribution is -0.111. The first-order chi connectivity index (χ1) is 13.2. The molecule has 1 fully saturated rings. The van der Waals surface area contributed by atoms with Crippen LogP contribution in [0.3, 0.4) is 0 Å². The Morgan fingerprint density at radius 2 is 1.78 bits per heavy atom. The fourth-order valence-electron chi connectivity index (χ4n) is 3.63. The van der Waals surface area contributed by atoms with Crippen LogP contribution in [0.4, 0.5) is 0 Å². The van der Waals surface area contributed by atoms with Gasteiger partial charge in [-0.05, 0) is 55.0 Å². The van der Waals surface area contributed by atoms with Crippen LogP contribution in [0.5, 0.6) is 11.5 Å². The van der Waals surface area contributed by atoms with Gasteiger partial charge in [0, 0.05) is 5.57 Å². The monoisotopic (exact) mass is 364 g/mol. The van der Waals surface area contributed by atoms with Gasteiger partial charge in [-0.15, -0.1) is 0 Å². The minimum atomic E-state index is 0.0432. The summed E-state index contributed by atoms with van der Waals surface area (Å²) in [5.41, 5.74) is 2.55. The van der Waals surface area contributed by atoms with Crippen LogP contribution in [0, 0.1) is 5.92 Å². The molecule has 2 aromatic rings. The van der Waals surface area contributed by atoms with Gasteiger partial charge in [0.25, 0.3) is 0 Å². The summed E-state index contributed by atoms with van der Waals surface area (Å²) in [6.07, 6.45) is 8.34. The van der Waals surface area contributed by atoms with E-state index in [4.69, 9.17) is 9.47 Å². The number of ketones is 1. The standard InChI is InChI=1S/C24H28O3/c1-18(25)22(21-11-7-4-8-12-21)15-20-13-14-23(26-2)24(16-20)27-17-19-9-5-3-6-10-19/h4,7-8,11-16,19H,3,5-6,9-10,17H2,1-2H3. The van der Waals surface area contributed by atoms with Gasteiger partial charge in [0.05, 0.1) is 13.7 Å². The number of benzene rings is 2. The van der Waals surface area contributed by atoms with Gasteiger partial charge < -0.3 is 9.47 Å². The molecule has 0 amide bonds. The lowest BCUT2D eigenvalue weighted by Gasteiger charge is -2.22. The Kier molecular flexibility index (Phi) is 6.69. The summed E-state index contributed by atoms with van der Waals surface area (Å²) < 4.78 is 11.6. The summed E-state index contributed by atoms with van der Waals surface area (Å²) >= 11 is 0. The molecule has 1 saturated carbocycles. The van der Waals surface area contributed by atoms with E-state index in [1.807, 2.05) is 54.6 Å². The maximum atomic E-state index is 12.2. The fraction of sp³-hybridized carbons (Fsp3) is 0.375. The lowest BCUT2D eigenvalue weighted by atomic mass is 9.90. The van der Waals surface area contributed by atoms with Crippen LogP contribution >= 0.6 is 0 Å². The van der Waals surface area contributed by atoms with Crippen LogP contribution < -0.4 is 9.47 Å². The highest BCUT2D eigenvalue weighted by molar-refractivity contribution is 6.24. The molecule has 142 valence electrons. The molecule has 3 nitrogen and oxygen atoms in total. The van der Waals surface area contributed by atoms with E-state index in [0.29, 0.717) is 11.5 Å². The third kappa shape index (κ3) is 5.22. The normalized spacial score (nSPS) is 15.4. The molecule has 0 spiro atoms. The molecule has 3 heteroatoms. The second-order valence-electron chi connectivity index (χ2n) is 7.21. The smallest absolute Gasteiger partial charge is 0.161 e. The Bertz CT molecular complexity index is 787. The third-order valence-electron chi connectivity index (χ3n) is 5.16. The molecule has 0 bridgehead atoms. The van der Waals surface area contributed by atoms with Crippen molar-refractivity contribution in [2.24, 2.45) is 5.92 Å². The first-order valence-electron chi connectivity index (χ1n) is 9.76. The van der Waals surface area contributed by atoms with E-state index >= 15 is 0 Å². The van der Waals surface area contributed by atoms with Crippen LogP contribution in [0.15, 0.2) is 48.5 Å². The van der Waals surface area contributed by atoms with Gasteiger partial charge in [-0.2, -0.15) is 0 Å². The van der Waals surface area contributed by atoms with Crippen LogP contribution in [0.25, 0.3) is 11.6 Å². The van der Waals surface area contributed by atoms with E-state index in [1.54, 1.807) is 14.0 Å². The van der Waals surface area contributed by atoms with E-state index in [-0.39, 0.29) is 5.78 Å². The Morgan fingerprint density at radius 3 is 2.44 bits per heavy atom. The summed E-state index contributed by atoms with van der Waals surface area (Å²) in [6.45, 7) is 2.32. The zero-order chi connectivity index (χ0) is 19.1. The highest BCUT2D eigenvalue weighted by Gasteiger charge is 2.15. The average molecular weight is 364 g/mol. The molecular formula is C24H28O3. The Balaban J connectivity index is 1.83. The van der Waals surface area contributed by atoms with Gasteiger partial charge in [0.2, 0.25) is 0 Å². The van der Waals surface area contributed by atoms with E-state index in [9.17, 15) is 4.79 Å². The van der Waals surface area contributed by atoms with Crippen LogP contribution in [0.2, 0.25) is 0 Å². The quantitative estimate of drug-likeness (QED) is 0.461. The Hall–Kier alpha value is -2.55. The number of hydrogen-bond acceptors (Lipinski definition) is 3.